The summed E-state index contributed by atoms with van der Waals surface area (Å²) < 4.78 is 54.1. The van der Waals surface area contributed by atoms with Crippen molar-refractivity contribution in [2.45, 2.75) is 37.4 Å². The number of para-hydroxylation sites is 1. The van der Waals surface area contributed by atoms with Crippen molar-refractivity contribution in [1.82, 2.24) is 9.80 Å². The van der Waals surface area contributed by atoms with Gasteiger partial charge in [0.25, 0.3) is 15.9 Å². The maximum atomic E-state index is 13.8. The maximum Gasteiger partial charge on any atom is 0.261 e. The average Bonchev–Trinajstić information content (AvgIpc) is 3.04. The van der Waals surface area contributed by atoms with Gasteiger partial charge in [-0.15, -0.1) is 0 Å². The molecular formula is C35H38FN3O6S. The average molecular weight is 648 g/mol. The number of anilines is 1. The number of hydrogen-bond acceptors (Lipinski definition) is 7. The SMILES string of the molecule is C[C@H](CO)N1C[C@H](C)[C@H](CN(C)Cc2ccc(Oc3ccccc3)cc2)Oc2ccc(NS(=O)(=O)c3ccc(F)cc3)cc2C1=O. The van der Waals surface area contributed by atoms with Gasteiger partial charge < -0.3 is 19.5 Å². The van der Waals surface area contributed by atoms with Crippen molar-refractivity contribution < 1.29 is 32.2 Å². The minimum absolute atomic E-state index is 0.0909. The summed E-state index contributed by atoms with van der Waals surface area (Å²) in [5.41, 5.74) is 1.41. The Morgan fingerprint density at radius 3 is 2.37 bits per heavy atom. The summed E-state index contributed by atoms with van der Waals surface area (Å²) in [4.78, 5) is 17.4. The van der Waals surface area contributed by atoms with Crippen LogP contribution in [0.2, 0.25) is 0 Å². The van der Waals surface area contributed by atoms with Crippen LogP contribution in [-0.2, 0) is 16.6 Å². The summed E-state index contributed by atoms with van der Waals surface area (Å²) in [6.45, 7) is 5.05. The fourth-order valence-corrected chi connectivity index (χ4v) is 6.35. The van der Waals surface area contributed by atoms with Crippen LogP contribution in [0.5, 0.6) is 17.2 Å². The van der Waals surface area contributed by atoms with Gasteiger partial charge >= 0.3 is 0 Å². The lowest BCUT2D eigenvalue weighted by molar-refractivity contribution is 0.0341. The molecule has 11 heteroatoms. The number of nitrogens with one attached hydrogen (secondary N) is 1. The number of ether oxygens (including phenoxy) is 2. The Morgan fingerprint density at radius 1 is 1.02 bits per heavy atom. The fourth-order valence-electron chi connectivity index (χ4n) is 5.30. The van der Waals surface area contributed by atoms with Crippen LogP contribution in [0.25, 0.3) is 0 Å². The molecule has 1 aliphatic heterocycles. The number of sulfonamides is 1. The van der Waals surface area contributed by atoms with Crippen LogP contribution >= 0.6 is 0 Å². The molecule has 2 N–H and O–H groups in total. The molecule has 4 aromatic rings. The van der Waals surface area contributed by atoms with Crippen molar-refractivity contribution in [2.75, 3.05) is 31.5 Å². The third-order valence-electron chi connectivity index (χ3n) is 7.89. The number of fused-ring (bicyclic) bond motifs is 1. The largest absolute Gasteiger partial charge is 0.488 e. The van der Waals surface area contributed by atoms with E-state index in [-0.39, 0.29) is 40.7 Å². The number of aliphatic hydroxyl groups is 1. The van der Waals surface area contributed by atoms with Gasteiger partial charge in [0.05, 0.1) is 23.1 Å². The Morgan fingerprint density at radius 2 is 1.70 bits per heavy atom. The van der Waals surface area contributed by atoms with E-state index in [2.05, 4.69) is 9.62 Å². The van der Waals surface area contributed by atoms with Crippen molar-refractivity contribution in [1.29, 1.82) is 0 Å². The fraction of sp³-hybridized carbons (Fsp3) is 0.286. The Bertz CT molecular complexity index is 1740. The number of benzene rings is 4. The molecule has 0 saturated carbocycles. The molecule has 0 fully saturated rings. The van der Waals surface area contributed by atoms with E-state index >= 15 is 0 Å². The first-order chi connectivity index (χ1) is 22.0. The van der Waals surface area contributed by atoms with Gasteiger partial charge in [-0.1, -0.05) is 37.3 Å². The van der Waals surface area contributed by atoms with Crippen molar-refractivity contribution in [3.05, 3.63) is 114 Å². The first-order valence-corrected chi connectivity index (χ1v) is 16.5. The Balaban J connectivity index is 1.34. The molecule has 0 spiro atoms. The summed E-state index contributed by atoms with van der Waals surface area (Å²) >= 11 is 0. The number of likely N-dealkylation sites (N-methyl/N-ethyl adjacent to an activating group) is 1. The first kappa shape index (κ1) is 32.9. The zero-order valence-corrected chi connectivity index (χ0v) is 26.8. The molecule has 0 radical (unpaired) electrons. The zero-order valence-electron chi connectivity index (χ0n) is 26.0. The number of halogens is 1. The number of carbonyl (C=O) groups excluding carboxylic acids is 1. The highest BCUT2D eigenvalue weighted by atomic mass is 32.2. The smallest absolute Gasteiger partial charge is 0.261 e. The Hall–Kier alpha value is -4.45. The predicted octanol–water partition coefficient (Wildman–Crippen LogP) is 5.77. The van der Waals surface area contributed by atoms with Crippen LogP contribution in [0.4, 0.5) is 10.1 Å². The van der Waals surface area contributed by atoms with Crippen LogP contribution in [0, 0.1) is 11.7 Å². The topological polar surface area (TPSA) is 108 Å². The molecule has 3 atom stereocenters. The number of nitrogens with zero attached hydrogens (tertiary/aromatic N) is 2. The van der Waals surface area contributed by atoms with E-state index in [9.17, 15) is 22.7 Å². The van der Waals surface area contributed by atoms with Crippen molar-refractivity contribution in [3.8, 4) is 17.2 Å². The second-order valence-electron chi connectivity index (χ2n) is 11.6. The molecule has 0 saturated heterocycles. The molecule has 1 aliphatic rings. The summed E-state index contributed by atoms with van der Waals surface area (Å²) in [5.74, 6) is 0.804. The molecule has 5 rings (SSSR count). The molecule has 4 aromatic carbocycles. The number of rotatable bonds is 11. The van der Waals surface area contributed by atoms with Gasteiger partial charge in [0.15, 0.2) is 0 Å². The number of hydrogen-bond donors (Lipinski definition) is 2. The highest BCUT2D eigenvalue weighted by Gasteiger charge is 2.34. The summed E-state index contributed by atoms with van der Waals surface area (Å²) in [5, 5.41) is 9.97. The number of carbonyl (C=O) groups is 1. The van der Waals surface area contributed by atoms with E-state index in [1.165, 1.54) is 24.3 Å². The minimum Gasteiger partial charge on any atom is -0.488 e. The third kappa shape index (κ3) is 8.03. The van der Waals surface area contributed by atoms with Crippen molar-refractivity contribution in [2.24, 2.45) is 5.92 Å². The van der Waals surface area contributed by atoms with Gasteiger partial charge in [0.1, 0.15) is 29.2 Å². The van der Waals surface area contributed by atoms with E-state index in [0.717, 1.165) is 29.2 Å². The third-order valence-corrected chi connectivity index (χ3v) is 9.28. The second-order valence-corrected chi connectivity index (χ2v) is 13.3. The molecule has 46 heavy (non-hydrogen) atoms. The quantitative estimate of drug-likeness (QED) is 0.213. The van der Waals surface area contributed by atoms with E-state index in [4.69, 9.17) is 9.47 Å². The molecule has 9 nitrogen and oxygen atoms in total. The highest BCUT2D eigenvalue weighted by Crippen LogP contribution is 2.32. The van der Waals surface area contributed by atoms with Crippen LogP contribution < -0.4 is 14.2 Å². The molecular weight excluding hydrogens is 609 g/mol. The predicted molar refractivity (Wildman–Crippen MR) is 174 cm³/mol. The van der Waals surface area contributed by atoms with Crippen LogP contribution in [0.15, 0.2) is 102 Å². The Kier molecular flexibility index (Phi) is 10.3. The lowest BCUT2D eigenvalue weighted by Crippen LogP contribution is -2.49. The molecule has 242 valence electrons. The standard InChI is InChI=1S/C35H38FN3O6S/c1-24-20-39(25(2)23-40)35(41)32-19-28(37-46(42,43)31-16-11-27(36)12-17-31)13-18-33(32)45-34(24)22-38(3)21-26-9-14-30(15-10-26)44-29-7-5-4-6-8-29/h4-19,24-25,34,37,40H,20-23H2,1-3H3/t24-,25+,34-/m0/s1. The van der Waals surface area contributed by atoms with Crippen molar-refractivity contribution in [3.63, 3.8) is 0 Å². The summed E-state index contributed by atoms with van der Waals surface area (Å²) in [6, 6.07) is 26.0. The van der Waals surface area contributed by atoms with E-state index in [1.807, 2.05) is 68.6 Å². The van der Waals surface area contributed by atoms with E-state index in [0.29, 0.717) is 25.4 Å². The van der Waals surface area contributed by atoms with Gasteiger partial charge in [0.2, 0.25) is 0 Å². The normalized spacial score (nSPS) is 17.4. The molecule has 1 amide bonds. The minimum atomic E-state index is -4.05. The van der Waals surface area contributed by atoms with E-state index < -0.39 is 21.9 Å². The summed E-state index contributed by atoms with van der Waals surface area (Å²) in [7, 11) is -2.05. The van der Waals surface area contributed by atoms with Crippen LogP contribution in [0.1, 0.15) is 29.8 Å². The molecule has 0 aliphatic carbocycles. The monoisotopic (exact) mass is 647 g/mol. The second kappa shape index (κ2) is 14.3. The lowest BCUT2D eigenvalue weighted by Gasteiger charge is -2.38. The number of amides is 1. The molecule has 1 heterocycles. The molecule has 0 unspecified atom stereocenters. The van der Waals surface area contributed by atoms with Gasteiger partial charge in [-0.05, 0) is 86.3 Å². The zero-order chi connectivity index (χ0) is 32.8. The van der Waals surface area contributed by atoms with Crippen molar-refractivity contribution >= 4 is 21.6 Å². The van der Waals surface area contributed by atoms with Gasteiger partial charge in [-0.25, -0.2) is 12.8 Å². The van der Waals surface area contributed by atoms with Crippen LogP contribution in [0.3, 0.4) is 0 Å². The lowest BCUT2D eigenvalue weighted by atomic mass is 9.99. The molecule has 0 bridgehead atoms. The van der Waals surface area contributed by atoms with Crippen LogP contribution in [-0.4, -0.2) is 68.1 Å². The molecule has 0 aromatic heterocycles. The Labute approximate surface area is 269 Å². The number of aliphatic hydroxyl groups excluding tert-OH is 1. The first-order valence-electron chi connectivity index (χ1n) is 15.0. The van der Waals surface area contributed by atoms with E-state index in [1.54, 1.807) is 17.9 Å². The van der Waals surface area contributed by atoms with Gasteiger partial charge in [-0.3, -0.25) is 14.4 Å². The highest BCUT2D eigenvalue weighted by molar-refractivity contribution is 7.92. The van der Waals surface area contributed by atoms with Gasteiger partial charge in [-0.2, -0.15) is 0 Å². The maximum absolute atomic E-state index is 13.8. The van der Waals surface area contributed by atoms with Gasteiger partial charge in [0, 0.05) is 31.2 Å². The summed E-state index contributed by atoms with van der Waals surface area (Å²) in [6.07, 6.45) is -0.326.